The lowest BCUT2D eigenvalue weighted by Crippen LogP contribution is -2.12. The van der Waals surface area contributed by atoms with Crippen molar-refractivity contribution in [3.63, 3.8) is 0 Å². The van der Waals surface area contributed by atoms with Gasteiger partial charge < -0.3 is 15.8 Å². The molecule has 0 atom stereocenters. The molecule has 1 amide bonds. The van der Waals surface area contributed by atoms with E-state index >= 15 is 0 Å². The van der Waals surface area contributed by atoms with Gasteiger partial charge in [0, 0.05) is 12.1 Å². The van der Waals surface area contributed by atoms with Gasteiger partial charge in [-0.1, -0.05) is 0 Å². The first-order chi connectivity index (χ1) is 8.61. The van der Waals surface area contributed by atoms with Crippen LogP contribution in [0.2, 0.25) is 0 Å². The topological polar surface area (TPSA) is 64.3 Å². The third-order valence-corrected chi connectivity index (χ3v) is 2.37. The number of rotatable bonds is 7. The lowest BCUT2D eigenvalue weighted by Gasteiger charge is -2.10. The Labute approximate surface area is 109 Å². The Kier molecular flexibility index (Phi) is 6.22. The van der Waals surface area contributed by atoms with Crippen LogP contribution in [0.1, 0.15) is 33.1 Å². The second-order valence-corrected chi connectivity index (χ2v) is 4.48. The van der Waals surface area contributed by atoms with Crippen molar-refractivity contribution in [1.82, 2.24) is 0 Å². The third-order valence-electron chi connectivity index (χ3n) is 2.37. The summed E-state index contributed by atoms with van der Waals surface area (Å²) in [5.74, 6) is 0.840. The molecule has 4 heteroatoms. The lowest BCUT2D eigenvalue weighted by molar-refractivity contribution is -0.116. The van der Waals surface area contributed by atoms with Gasteiger partial charge in [-0.3, -0.25) is 4.79 Å². The molecule has 3 N–H and O–H groups in total. The van der Waals surface area contributed by atoms with Crippen LogP contribution in [0.15, 0.2) is 24.3 Å². The van der Waals surface area contributed by atoms with Crippen molar-refractivity contribution < 1.29 is 9.53 Å². The molecule has 100 valence electrons. The van der Waals surface area contributed by atoms with Gasteiger partial charge in [0.05, 0.1) is 6.10 Å². The summed E-state index contributed by atoms with van der Waals surface area (Å²) in [7, 11) is 0. The van der Waals surface area contributed by atoms with Gasteiger partial charge in [-0.05, 0) is 57.5 Å². The highest BCUT2D eigenvalue weighted by Crippen LogP contribution is 2.17. The highest BCUT2D eigenvalue weighted by molar-refractivity contribution is 5.90. The Morgan fingerprint density at radius 3 is 2.50 bits per heavy atom. The maximum absolute atomic E-state index is 11.6. The molecule has 0 bridgehead atoms. The van der Waals surface area contributed by atoms with Gasteiger partial charge in [0.1, 0.15) is 5.75 Å². The normalized spacial score (nSPS) is 10.4. The monoisotopic (exact) mass is 250 g/mol. The van der Waals surface area contributed by atoms with E-state index in [0.29, 0.717) is 13.0 Å². The number of carbonyl (C=O) groups is 1. The first kappa shape index (κ1) is 14.5. The minimum absolute atomic E-state index is 0.0287. The summed E-state index contributed by atoms with van der Waals surface area (Å²) in [4.78, 5) is 11.6. The Morgan fingerprint density at radius 2 is 1.94 bits per heavy atom. The Bertz CT molecular complexity index is 361. The number of hydrogen-bond acceptors (Lipinski definition) is 3. The first-order valence-corrected chi connectivity index (χ1v) is 6.38. The van der Waals surface area contributed by atoms with E-state index in [4.69, 9.17) is 10.5 Å². The van der Waals surface area contributed by atoms with Crippen LogP contribution in [0.5, 0.6) is 5.75 Å². The lowest BCUT2D eigenvalue weighted by atomic mass is 10.2. The van der Waals surface area contributed by atoms with Gasteiger partial charge in [0.2, 0.25) is 5.91 Å². The van der Waals surface area contributed by atoms with Crippen LogP contribution in [-0.2, 0) is 4.79 Å². The van der Waals surface area contributed by atoms with Crippen LogP contribution in [-0.4, -0.2) is 18.6 Å². The van der Waals surface area contributed by atoms with Crippen LogP contribution in [0.4, 0.5) is 5.69 Å². The Hall–Kier alpha value is -1.55. The molecular weight excluding hydrogens is 228 g/mol. The molecule has 4 nitrogen and oxygen atoms in total. The van der Waals surface area contributed by atoms with E-state index in [1.807, 2.05) is 38.1 Å². The molecule has 0 saturated carbocycles. The number of carbonyl (C=O) groups excluding carboxylic acids is 1. The van der Waals surface area contributed by atoms with Crippen LogP contribution >= 0.6 is 0 Å². The summed E-state index contributed by atoms with van der Waals surface area (Å²) in [5, 5.41) is 2.85. The molecule has 0 aliphatic heterocycles. The van der Waals surface area contributed by atoms with Crippen LogP contribution in [0.25, 0.3) is 0 Å². The zero-order chi connectivity index (χ0) is 13.4. The summed E-state index contributed by atoms with van der Waals surface area (Å²) < 4.78 is 5.53. The maximum atomic E-state index is 11.6. The highest BCUT2D eigenvalue weighted by atomic mass is 16.5. The van der Waals surface area contributed by atoms with Crippen molar-refractivity contribution >= 4 is 11.6 Å². The van der Waals surface area contributed by atoms with Crippen molar-refractivity contribution in [2.45, 2.75) is 39.2 Å². The number of hydrogen-bond donors (Lipinski definition) is 2. The van der Waals surface area contributed by atoms with E-state index in [2.05, 4.69) is 5.32 Å². The number of benzene rings is 1. The highest BCUT2D eigenvalue weighted by Gasteiger charge is 2.02. The standard InChI is InChI=1S/C14H22N2O2/c1-11(2)18-13-8-6-12(7-9-13)16-14(17)5-3-4-10-15/h6-9,11H,3-5,10,15H2,1-2H3,(H,16,17). The smallest absolute Gasteiger partial charge is 0.224 e. The molecule has 0 heterocycles. The fourth-order valence-electron chi connectivity index (χ4n) is 1.54. The number of ether oxygens (including phenoxy) is 1. The Balaban J connectivity index is 2.40. The number of nitrogens with one attached hydrogen (secondary N) is 1. The van der Waals surface area contributed by atoms with Gasteiger partial charge in [-0.25, -0.2) is 0 Å². The fourth-order valence-corrected chi connectivity index (χ4v) is 1.54. The predicted molar refractivity (Wildman–Crippen MR) is 73.7 cm³/mol. The molecule has 0 aliphatic rings. The number of anilines is 1. The van der Waals surface area contributed by atoms with Crippen LogP contribution < -0.4 is 15.8 Å². The first-order valence-electron chi connectivity index (χ1n) is 6.38. The SMILES string of the molecule is CC(C)Oc1ccc(NC(=O)CCCCN)cc1. The molecule has 0 fully saturated rings. The van der Waals surface area contributed by atoms with E-state index in [1.165, 1.54) is 0 Å². The summed E-state index contributed by atoms with van der Waals surface area (Å²) in [6.07, 6.45) is 2.38. The van der Waals surface area contributed by atoms with Gasteiger partial charge in [0.15, 0.2) is 0 Å². The average molecular weight is 250 g/mol. The largest absolute Gasteiger partial charge is 0.491 e. The van der Waals surface area contributed by atoms with E-state index in [-0.39, 0.29) is 12.0 Å². The van der Waals surface area contributed by atoms with Gasteiger partial charge in [-0.2, -0.15) is 0 Å². The zero-order valence-electron chi connectivity index (χ0n) is 11.1. The quantitative estimate of drug-likeness (QED) is 0.731. The Morgan fingerprint density at radius 1 is 1.28 bits per heavy atom. The van der Waals surface area contributed by atoms with Crippen molar-refractivity contribution in [2.24, 2.45) is 5.73 Å². The van der Waals surface area contributed by atoms with Crippen molar-refractivity contribution in [1.29, 1.82) is 0 Å². The molecule has 1 aromatic rings. The second-order valence-electron chi connectivity index (χ2n) is 4.48. The molecule has 0 radical (unpaired) electrons. The minimum Gasteiger partial charge on any atom is -0.491 e. The average Bonchev–Trinajstić information content (AvgIpc) is 2.31. The number of amides is 1. The van der Waals surface area contributed by atoms with Crippen LogP contribution in [0.3, 0.4) is 0 Å². The van der Waals surface area contributed by atoms with E-state index in [1.54, 1.807) is 0 Å². The molecule has 1 rings (SSSR count). The summed E-state index contributed by atoms with van der Waals surface area (Å²) in [6, 6.07) is 7.40. The molecule has 0 aliphatic carbocycles. The van der Waals surface area contributed by atoms with Gasteiger partial charge in [-0.15, -0.1) is 0 Å². The zero-order valence-corrected chi connectivity index (χ0v) is 11.1. The van der Waals surface area contributed by atoms with Crippen molar-refractivity contribution in [2.75, 3.05) is 11.9 Å². The molecule has 0 aromatic heterocycles. The molecule has 0 spiro atoms. The van der Waals surface area contributed by atoms with Gasteiger partial charge in [0.25, 0.3) is 0 Å². The third kappa shape index (κ3) is 5.68. The predicted octanol–water partition coefficient (Wildman–Crippen LogP) is 2.54. The number of unbranched alkanes of at least 4 members (excludes halogenated alkanes) is 1. The summed E-state index contributed by atoms with van der Waals surface area (Å²) in [5.41, 5.74) is 6.17. The van der Waals surface area contributed by atoms with Crippen molar-refractivity contribution in [3.8, 4) is 5.75 Å². The van der Waals surface area contributed by atoms with E-state index < -0.39 is 0 Å². The molecule has 1 aromatic carbocycles. The fraction of sp³-hybridized carbons (Fsp3) is 0.500. The van der Waals surface area contributed by atoms with Gasteiger partial charge >= 0.3 is 0 Å². The van der Waals surface area contributed by atoms with Crippen molar-refractivity contribution in [3.05, 3.63) is 24.3 Å². The summed E-state index contributed by atoms with van der Waals surface area (Å²) in [6.45, 7) is 4.59. The summed E-state index contributed by atoms with van der Waals surface area (Å²) >= 11 is 0. The molecular formula is C14H22N2O2. The molecule has 0 unspecified atom stereocenters. The van der Waals surface area contributed by atoms with E-state index in [0.717, 1.165) is 24.3 Å². The van der Waals surface area contributed by atoms with Crippen LogP contribution in [0, 0.1) is 0 Å². The molecule has 18 heavy (non-hydrogen) atoms. The minimum atomic E-state index is 0.0287. The second kappa shape index (κ2) is 7.71. The van der Waals surface area contributed by atoms with E-state index in [9.17, 15) is 4.79 Å². The maximum Gasteiger partial charge on any atom is 0.224 e. The molecule has 0 saturated heterocycles. The number of nitrogens with two attached hydrogens (primary N) is 1.